The molecule has 0 saturated carbocycles. The number of nitrogens with one attached hydrogen (secondary N) is 1. The number of imidazole rings is 1. The average molecular weight is 337 g/mol. The molecule has 7 nitrogen and oxygen atoms in total. The van der Waals surface area contributed by atoms with Gasteiger partial charge in [0.25, 0.3) is 0 Å². The van der Waals surface area contributed by atoms with E-state index in [0.29, 0.717) is 11.5 Å². The summed E-state index contributed by atoms with van der Waals surface area (Å²) in [6.07, 6.45) is 3.21. The van der Waals surface area contributed by atoms with Crippen molar-refractivity contribution in [3.63, 3.8) is 0 Å². The summed E-state index contributed by atoms with van der Waals surface area (Å²) in [7, 11) is -3.58. The topological polar surface area (TPSA) is 101 Å². The van der Waals surface area contributed by atoms with Gasteiger partial charge in [-0.2, -0.15) is 0 Å². The van der Waals surface area contributed by atoms with E-state index in [1.165, 1.54) is 31.2 Å². The van der Waals surface area contributed by atoms with Gasteiger partial charge in [0.05, 0.1) is 23.3 Å². The highest BCUT2D eigenvalue weighted by Crippen LogP contribution is 2.20. The third-order valence-electron chi connectivity index (χ3n) is 3.41. The van der Waals surface area contributed by atoms with Crippen molar-refractivity contribution < 1.29 is 18.3 Å². The number of carbonyl (C=O) groups is 1. The molecule has 0 spiro atoms. The Morgan fingerprint density at radius 2 is 2.00 bits per heavy atom. The number of aromatic nitrogens is 2. The van der Waals surface area contributed by atoms with Crippen LogP contribution in [0.4, 0.5) is 5.69 Å². The van der Waals surface area contributed by atoms with E-state index in [2.05, 4.69) is 10.3 Å². The molecule has 0 radical (unpaired) electrons. The highest BCUT2D eigenvalue weighted by molar-refractivity contribution is 7.91. The lowest BCUT2D eigenvalue weighted by Crippen LogP contribution is -2.23. The minimum Gasteiger partial charge on any atom is -0.394 e. The normalized spacial score (nSPS) is 12.8. The number of hydrogen-bond donors (Lipinski definition) is 2. The molecule has 1 aromatic heterocycles. The van der Waals surface area contributed by atoms with Gasteiger partial charge in [0, 0.05) is 25.0 Å². The number of carbonyl (C=O) groups excluding carboxylic acids is 1. The molecule has 0 aliphatic rings. The highest BCUT2D eigenvalue weighted by atomic mass is 32.2. The summed E-state index contributed by atoms with van der Waals surface area (Å²) in [6.45, 7) is 2.82. The third kappa shape index (κ3) is 4.17. The largest absolute Gasteiger partial charge is 0.394 e. The number of rotatable bonds is 6. The van der Waals surface area contributed by atoms with E-state index in [0.717, 1.165) is 0 Å². The van der Waals surface area contributed by atoms with Gasteiger partial charge >= 0.3 is 0 Å². The quantitative estimate of drug-likeness (QED) is 0.823. The van der Waals surface area contributed by atoms with Crippen LogP contribution in [0, 0.1) is 6.92 Å². The highest BCUT2D eigenvalue weighted by Gasteiger charge is 2.23. The summed E-state index contributed by atoms with van der Waals surface area (Å²) in [4.78, 5) is 15.2. The lowest BCUT2D eigenvalue weighted by atomic mass is 10.3. The van der Waals surface area contributed by atoms with Crippen LogP contribution in [-0.4, -0.2) is 41.3 Å². The van der Waals surface area contributed by atoms with Crippen LogP contribution >= 0.6 is 0 Å². The molecule has 2 N–H and O–H groups in total. The van der Waals surface area contributed by atoms with E-state index < -0.39 is 15.9 Å². The minimum absolute atomic E-state index is 0.142. The van der Waals surface area contributed by atoms with Gasteiger partial charge in [0.1, 0.15) is 5.82 Å². The van der Waals surface area contributed by atoms with Crippen LogP contribution in [0.1, 0.15) is 18.8 Å². The zero-order valence-electron chi connectivity index (χ0n) is 12.9. The average Bonchev–Trinajstić information content (AvgIpc) is 2.91. The fourth-order valence-electron chi connectivity index (χ4n) is 2.29. The summed E-state index contributed by atoms with van der Waals surface area (Å²) in [6, 6.07) is 5.35. The first-order valence-corrected chi connectivity index (χ1v) is 8.69. The molecule has 23 heavy (non-hydrogen) atoms. The number of benzene rings is 1. The molecule has 1 atom stereocenters. The number of anilines is 1. The molecule has 2 rings (SSSR count). The van der Waals surface area contributed by atoms with Crippen molar-refractivity contribution >= 4 is 21.4 Å². The summed E-state index contributed by atoms with van der Waals surface area (Å²) in [5.74, 6) is 0.178. The molecule has 1 unspecified atom stereocenters. The zero-order chi connectivity index (χ0) is 17.0. The molecule has 2 aromatic rings. The first-order valence-electron chi connectivity index (χ1n) is 7.04. The Balaban J connectivity index is 2.20. The predicted molar refractivity (Wildman–Crippen MR) is 85.9 cm³/mol. The van der Waals surface area contributed by atoms with Gasteiger partial charge in [0.15, 0.2) is 9.84 Å². The van der Waals surface area contributed by atoms with Crippen LogP contribution in [0.5, 0.6) is 0 Å². The second kappa shape index (κ2) is 6.93. The summed E-state index contributed by atoms with van der Waals surface area (Å²) in [5.41, 5.74) is 0.528. The predicted octanol–water partition coefficient (Wildman–Crippen LogP) is 1.16. The Hall–Kier alpha value is -2.19. The van der Waals surface area contributed by atoms with Crippen molar-refractivity contribution in [2.24, 2.45) is 0 Å². The van der Waals surface area contributed by atoms with Gasteiger partial charge in [-0.15, -0.1) is 0 Å². The number of aliphatic hydroxyl groups is 1. The summed E-state index contributed by atoms with van der Waals surface area (Å²) >= 11 is 0. The molecular formula is C15H19N3O4S. The van der Waals surface area contributed by atoms with Gasteiger partial charge in [-0.05, 0) is 31.2 Å². The number of hydrogen-bond acceptors (Lipinski definition) is 5. The molecule has 1 heterocycles. The van der Waals surface area contributed by atoms with Crippen molar-refractivity contribution in [1.82, 2.24) is 9.55 Å². The fourth-order valence-corrected chi connectivity index (χ4v) is 3.81. The third-order valence-corrected chi connectivity index (χ3v) is 5.23. The van der Waals surface area contributed by atoms with Crippen LogP contribution < -0.4 is 5.32 Å². The van der Waals surface area contributed by atoms with E-state index in [1.54, 1.807) is 23.9 Å². The fraction of sp³-hybridized carbons (Fsp3) is 0.333. The number of aliphatic hydroxyl groups excluding tert-OH is 1. The lowest BCUT2D eigenvalue weighted by Gasteiger charge is -2.17. The first-order chi connectivity index (χ1) is 10.8. The Labute approximate surface area is 134 Å². The van der Waals surface area contributed by atoms with E-state index in [4.69, 9.17) is 0 Å². The number of nitrogens with zero attached hydrogens (tertiary/aromatic N) is 2. The van der Waals surface area contributed by atoms with E-state index >= 15 is 0 Å². The Bertz CT molecular complexity index is 781. The maximum atomic E-state index is 12.5. The van der Waals surface area contributed by atoms with Gasteiger partial charge < -0.3 is 15.0 Å². The zero-order valence-corrected chi connectivity index (χ0v) is 13.7. The van der Waals surface area contributed by atoms with Gasteiger partial charge in [-0.3, -0.25) is 4.79 Å². The van der Waals surface area contributed by atoms with E-state index in [1.807, 2.05) is 0 Å². The van der Waals surface area contributed by atoms with Crippen LogP contribution in [0.25, 0.3) is 0 Å². The van der Waals surface area contributed by atoms with Crippen LogP contribution in [0.15, 0.2) is 41.6 Å². The molecule has 1 aromatic carbocycles. The number of aryl methyl sites for hydroxylation is 1. The van der Waals surface area contributed by atoms with Crippen molar-refractivity contribution in [2.45, 2.75) is 24.8 Å². The molecule has 0 fully saturated rings. The van der Waals surface area contributed by atoms with Gasteiger partial charge in [-0.25, -0.2) is 13.4 Å². The maximum absolute atomic E-state index is 12.5. The van der Waals surface area contributed by atoms with E-state index in [9.17, 15) is 18.3 Å². The van der Waals surface area contributed by atoms with Crippen molar-refractivity contribution in [2.75, 3.05) is 17.7 Å². The Morgan fingerprint density at radius 1 is 1.35 bits per heavy atom. The van der Waals surface area contributed by atoms with Crippen molar-refractivity contribution in [3.8, 4) is 0 Å². The number of amides is 1. The molecule has 0 saturated heterocycles. The lowest BCUT2D eigenvalue weighted by molar-refractivity contribution is -0.114. The molecule has 8 heteroatoms. The second-order valence-corrected chi connectivity index (χ2v) is 7.24. The standard InChI is InChI=1S/C15H19N3O4S/c1-11-16-7-8-18(11)14(9-19)10-23(21,22)15-5-3-13(4-6-15)17-12(2)20/h3-8,14,19H,9-10H2,1-2H3,(H,17,20). The van der Waals surface area contributed by atoms with Gasteiger partial charge in [-0.1, -0.05) is 0 Å². The molecule has 0 aliphatic carbocycles. The van der Waals surface area contributed by atoms with Crippen molar-refractivity contribution in [1.29, 1.82) is 0 Å². The minimum atomic E-state index is -3.58. The van der Waals surface area contributed by atoms with E-state index in [-0.39, 0.29) is 23.2 Å². The van der Waals surface area contributed by atoms with Gasteiger partial charge in [0.2, 0.25) is 5.91 Å². The van der Waals surface area contributed by atoms with Crippen LogP contribution in [0.3, 0.4) is 0 Å². The Kier molecular flexibility index (Phi) is 5.17. The van der Waals surface area contributed by atoms with Crippen LogP contribution in [-0.2, 0) is 14.6 Å². The maximum Gasteiger partial charge on any atom is 0.221 e. The Morgan fingerprint density at radius 3 is 2.48 bits per heavy atom. The first kappa shape index (κ1) is 17.2. The molecule has 1 amide bonds. The van der Waals surface area contributed by atoms with Crippen molar-refractivity contribution in [3.05, 3.63) is 42.5 Å². The summed E-state index contributed by atoms with van der Waals surface area (Å²) in [5, 5.41) is 12.1. The second-order valence-electron chi connectivity index (χ2n) is 5.21. The monoisotopic (exact) mass is 337 g/mol. The van der Waals surface area contributed by atoms with Crippen LogP contribution in [0.2, 0.25) is 0 Å². The smallest absolute Gasteiger partial charge is 0.221 e. The molecule has 0 bridgehead atoms. The number of sulfone groups is 1. The molecule has 0 aliphatic heterocycles. The summed E-state index contributed by atoms with van der Waals surface area (Å²) < 4.78 is 26.7. The SMILES string of the molecule is CC(=O)Nc1ccc(S(=O)(=O)CC(CO)n2ccnc2C)cc1. The molecular weight excluding hydrogens is 318 g/mol. The molecule has 124 valence electrons.